The lowest BCUT2D eigenvalue weighted by Crippen LogP contribution is -2.08. The van der Waals surface area contributed by atoms with E-state index < -0.39 is 23.5 Å². The summed E-state index contributed by atoms with van der Waals surface area (Å²) in [7, 11) is 0. The van der Waals surface area contributed by atoms with Crippen molar-refractivity contribution in [2.24, 2.45) is 0 Å². The van der Waals surface area contributed by atoms with E-state index in [9.17, 15) is 13.2 Å². The second-order valence-corrected chi connectivity index (χ2v) is 4.58. The second-order valence-electron chi connectivity index (χ2n) is 4.17. The van der Waals surface area contributed by atoms with Gasteiger partial charge >= 0.3 is 0 Å². The third-order valence-electron chi connectivity index (χ3n) is 2.71. The van der Waals surface area contributed by atoms with Gasteiger partial charge in [-0.05, 0) is 36.8 Å². The fourth-order valence-electron chi connectivity index (χ4n) is 1.76. The van der Waals surface area contributed by atoms with Crippen LogP contribution in [0.4, 0.5) is 18.9 Å². The van der Waals surface area contributed by atoms with E-state index in [1.54, 1.807) is 13.0 Å². The van der Waals surface area contributed by atoms with Crippen LogP contribution in [0.15, 0.2) is 36.4 Å². The lowest BCUT2D eigenvalue weighted by Gasteiger charge is -2.16. The molecule has 100 valence electrons. The van der Waals surface area contributed by atoms with Crippen molar-refractivity contribution < 1.29 is 13.2 Å². The number of nitrogens with one attached hydrogen (secondary N) is 1. The maximum Gasteiger partial charge on any atom is 0.164 e. The van der Waals surface area contributed by atoms with Gasteiger partial charge in [0.15, 0.2) is 5.82 Å². The average molecular weight is 286 g/mol. The molecule has 1 atom stereocenters. The fourth-order valence-corrected chi connectivity index (χ4v) is 1.93. The first-order chi connectivity index (χ1) is 8.97. The number of hydrogen-bond donors (Lipinski definition) is 1. The number of benzene rings is 2. The predicted octanol–water partition coefficient (Wildman–Crippen LogP) is 4.93. The SMILES string of the molecule is CC(Nc1cccc(Cl)c1F)c1cc(F)cc(F)c1. The third-order valence-corrected chi connectivity index (χ3v) is 3.00. The summed E-state index contributed by atoms with van der Waals surface area (Å²) in [6, 6.07) is 7.25. The average Bonchev–Trinajstić information content (AvgIpc) is 2.33. The van der Waals surface area contributed by atoms with Gasteiger partial charge in [-0.15, -0.1) is 0 Å². The summed E-state index contributed by atoms with van der Waals surface area (Å²) in [6.45, 7) is 1.68. The molecule has 2 aromatic rings. The van der Waals surface area contributed by atoms with Gasteiger partial charge in [0.05, 0.1) is 10.7 Å². The van der Waals surface area contributed by atoms with E-state index in [1.807, 2.05) is 0 Å². The van der Waals surface area contributed by atoms with Crippen LogP contribution in [0.3, 0.4) is 0 Å². The molecule has 0 heterocycles. The van der Waals surface area contributed by atoms with Gasteiger partial charge in [-0.25, -0.2) is 13.2 Å². The minimum atomic E-state index is -0.671. The van der Waals surface area contributed by atoms with Gasteiger partial charge in [0, 0.05) is 12.1 Å². The Balaban J connectivity index is 2.25. The van der Waals surface area contributed by atoms with Crippen molar-refractivity contribution in [2.45, 2.75) is 13.0 Å². The smallest absolute Gasteiger partial charge is 0.164 e. The van der Waals surface area contributed by atoms with Gasteiger partial charge in [-0.2, -0.15) is 0 Å². The Kier molecular flexibility index (Phi) is 4.00. The molecule has 0 fully saturated rings. The summed E-state index contributed by atoms with van der Waals surface area (Å²) in [5, 5.41) is 2.82. The molecule has 2 rings (SSSR count). The number of rotatable bonds is 3. The summed E-state index contributed by atoms with van der Waals surface area (Å²) < 4.78 is 39.9. The van der Waals surface area contributed by atoms with Crippen LogP contribution in [0.1, 0.15) is 18.5 Å². The van der Waals surface area contributed by atoms with Crippen molar-refractivity contribution in [3.63, 3.8) is 0 Å². The zero-order chi connectivity index (χ0) is 14.0. The van der Waals surface area contributed by atoms with Gasteiger partial charge in [0.1, 0.15) is 11.6 Å². The van der Waals surface area contributed by atoms with E-state index in [0.29, 0.717) is 5.56 Å². The summed E-state index contributed by atoms with van der Waals surface area (Å²) in [5.74, 6) is -1.93. The summed E-state index contributed by atoms with van der Waals surface area (Å²) in [5.41, 5.74) is 0.571. The molecule has 19 heavy (non-hydrogen) atoms. The normalized spacial score (nSPS) is 12.3. The Morgan fingerprint density at radius 3 is 2.32 bits per heavy atom. The molecule has 0 saturated heterocycles. The first-order valence-electron chi connectivity index (χ1n) is 5.64. The fraction of sp³-hybridized carbons (Fsp3) is 0.143. The van der Waals surface area contributed by atoms with Crippen LogP contribution in [0.25, 0.3) is 0 Å². The molecule has 0 bridgehead atoms. The molecule has 1 N–H and O–H groups in total. The molecule has 1 nitrogen and oxygen atoms in total. The van der Waals surface area contributed by atoms with Crippen molar-refractivity contribution in [3.05, 3.63) is 64.4 Å². The molecule has 0 aliphatic rings. The van der Waals surface area contributed by atoms with Gasteiger partial charge < -0.3 is 5.32 Å². The first kappa shape index (κ1) is 13.7. The minimum absolute atomic E-state index is 0.0115. The second kappa shape index (κ2) is 5.53. The lowest BCUT2D eigenvalue weighted by molar-refractivity contribution is 0.577. The highest BCUT2D eigenvalue weighted by atomic mass is 35.5. The Labute approximate surface area is 114 Å². The van der Waals surface area contributed by atoms with Crippen LogP contribution in [-0.4, -0.2) is 0 Å². The summed E-state index contributed by atoms with van der Waals surface area (Å²) in [6.07, 6.45) is 0. The van der Waals surface area contributed by atoms with E-state index in [0.717, 1.165) is 6.07 Å². The van der Waals surface area contributed by atoms with E-state index in [1.165, 1.54) is 24.3 Å². The zero-order valence-corrected chi connectivity index (χ0v) is 10.8. The maximum atomic E-state index is 13.7. The van der Waals surface area contributed by atoms with Crippen LogP contribution in [0, 0.1) is 17.5 Å². The van der Waals surface area contributed by atoms with Gasteiger partial charge in [-0.3, -0.25) is 0 Å². The van der Waals surface area contributed by atoms with Crippen molar-refractivity contribution in [1.29, 1.82) is 0 Å². The third kappa shape index (κ3) is 3.20. The van der Waals surface area contributed by atoms with Crippen molar-refractivity contribution in [3.8, 4) is 0 Å². The molecular formula is C14H11ClF3N. The molecule has 0 aromatic heterocycles. The van der Waals surface area contributed by atoms with Crippen molar-refractivity contribution in [2.75, 3.05) is 5.32 Å². The molecule has 0 saturated carbocycles. The molecule has 0 amide bonds. The highest BCUT2D eigenvalue weighted by Gasteiger charge is 2.12. The highest BCUT2D eigenvalue weighted by molar-refractivity contribution is 6.31. The molecule has 0 aliphatic heterocycles. The largest absolute Gasteiger partial charge is 0.376 e. The van der Waals surface area contributed by atoms with E-state index >= 15 is 0 Å². The molecular weight excluding hydrogens is 275 g/mol. The Bertz CT molecular complexity index is 581. The maximum absolute atomic E-state index is 13.7. The predicted molar refractivity (Wildman–Crippen MR) is 69.8 cm³/mol. The Morgan fingerprint density at radius 1 is 1.05 bits per heavy atom. The molecule has 0 aliphatic carbocycles. The van der Waals surface area contributed by atoms with Crippen molar-refractivity contribution in [1.82, 2.24) is 0 Å². The van der Waals surface area contributed by atoms with Crippen LogP contribution >= 0.6 is 11.6 Å². The van der Waals surface area contributed by atoms with Gasteiger partial charge in [0.25, 0.3) is 0 Å². The summed E-state index contributed by atoms with van der Waals surface area (Å²) in [4.78, 5) is 0. The van der Waals surface area contributed by atoms with Crippen molar-refractivity contribution >= 4 is 17.3 Å². The Hall–Kier alpha value is -1.68. The molecule has 5 heteroatoms. The van der Waals surface area contributed by atoms with Crippen LogP contribution in [0.2, 0.25) is 5.02 Å². The van der Waals surface area contributed by atoms with E-state index in [4.69, 9.17) is 11.6 Å². The Morgan fingerprint density at radius 2 is 1.68 bits per heavy atom. The van der Waals surface area contributed by atoms with Crippen LogP contribution < -0.4 is 5.32 Å². The number of anilines is 1. The zero-order valence-electron chi connectivity index (χ0n) is 10.1. The molecule has 0 radical (unpaired) electrons. The monoisotopic (exact) mass is 285 g/mol. The number of hydrogen-bond acceptors (Lipinski definition) is 1. The van der Waals surface area contributed by atoms with Gasteiger partial charge in [-0.1, -0.05) is 17.7 Å². The highest BCUT2D eigenvalue weighted by Crippen LogP contribution is 2.26. The van der Waals surface area contributed by atoms with Crippen LogP contribution in [-0.2, 0) is 0 Å². The standard InChI is InChI=1S/C14H11ClF3N/c1-8(9-5-10(16)7-11(17)6-9)19-13-4-2-3-12(15)14(13)18/h2-8,19H,1H3. The van der Waals surface area contributed by atoms with E-state index in [2.05, 4.69) is 5.32 Å². The minimum Gasteiger partial charge on any atom is -0.376 e. The molecule has 2 aromatic carbocycles. The van der Waals surface area contributed by atoms with Gasteiger partial charge in [0.2, 0.25) is 0 Å². The van der Waals surface area contributed by atoms with Crippen LogP contribution in [0.5, 0.6) is 0 Å². The topological polar surface area (TPSA) is 12.0 Å². The quantitative estimate of drug-likeness (QED) is 0.843. The molecule has 0 spiro atoms. The first-order valence-corrected chi connectivity index (χ1v) is 6.01. The summed E-state index contributed by atoms with van der Waals surface area (Å²) >= 11 is 5.66. The van der Waals surface area contributed by atoms with E-state index in [-0.39, 0.29) is 10.7 Å². The molecule has 1 unspecified atom stereocenters. The lowest BCUT2D eigenvalue weighted by atomic mass is 10.1. The number of halogens is 4.